The fourth-order valence-corrected chi connectivity index (χ4v) is 1.10. The molecule has 11 heavy (non-hydrogen) atoms. The minimum Gasteiger partial charge on any atom is -0.272 e. The third-order valence-electron chi connectivity index (χ3n) is 1.46. The van der Waals surface area contributed by atoms with Gasteiger partial charge in [0.15, 0.2) is 4.77 Å². The minimum absolute atomic E-state index is 0.0718. The van der Waals surface area contributed by atoms with Crippen LogP contribution < -0.4 is 5.69 Å². The van der Waals surface area contributed by atoms with Gasteiger partial charge in [0.05, 0.1) is 6.04 Å². The molecule has 0 saturated carbocycles. The molecule has 0 bridgehead atoms. The average Bonchev–Trinajstić information content (AvgIpc) is 2.30. The standard InChI is InChI=1S/C6H9N3OS/c1-3-4(2)9-5(10)7-8-6(9)11/h3-4H,1H2,2H3,(H,7,10)(H,8,11). The number of H-pyrrole nitrogens is 2. The Balaban J connectivity index is 3.31. The first-order valence-electron chi connectivity index (χ1n) is 3.18. The monoisotopic (exact) mass is 171 g/mol. The first-order chi connectivity index (χ1) is 5.16. The van der Waals surface area contributed by atoms with Crippen LogP contribution in [0.4, 0.5) is 0 Å². The predicted molar refractivity (Wildman–Crippen MR) is 45.1 cm³/mol. The van der Waals surface area contributed by atoms with Crippen molar-refractivity contribution in [2.24, 2.45) is 0 Å². The predicted octanol–water partition coefficient (Wildman–Crippen LogP) is 0.981. The number of aromatic amines is 2. The lowest BCUT2D eigenvalue weighted by Crippen LogP contribution is -2.19. The van der Waals surface area contributed by atoms with Crippen molar-refractivity contribution in [1.29, 1.82) is 0 Å². The van der Waals surface area contributed by atoms with Crippen LogP contribution in [0.2, 0.25) is 0 Å². The Morgan fingerprint density at radius 2 is 2.36 bits per heavy atom. The maximum Gasteiger partial charge on any atom is 0.342 e. The summed E-state index contributed by atoms with van der Waals surface area (Å²) in [5, 5.41) is 4.93. The molecular formula is C6H9N3OS. The minimum atomic E-state index is -0.234. The zero-order valence-corrected chi connectivity index (χ0v) is 6.94. The van der Waals surface area contributed by atoms with Gasteiger partial charge < -0.3 is 0 Å². The van der Waals surface area contributed by atoms with Gasteiger partial charge in [-0.1, -0.05) is 6.08 Å². The third kappa shape index (κ3) is 1.32. The molecule has 1 aromatic heterocycles. The van der Waals surface area contributed by atoms with Gasteiger partial charge in [-0.25, -0.2) is 9.89 Å². The van der Waals surface area contributed by atoms with Crippen LogP contribution in [0.1, 0.15) is 13.0 Å². The summed E-state index contributed by atoms with van der Waals surface area (Å²) in [6.07, 6.45) is 1.65. The van der Waals surface area contributed by atoms with Crippen LogP contribution in [0.3, 0.4) is 0 Å². The Bertz CT molecular complexity index is 331. The van der Waals surface area contributed by atoms with Gasteiger partial charge in [-0.15, -0.1) is 6.58 Å². The maximum absolute atomic E-state index is 11.0. The van der Waals surface area contributed by atoms with E-state index in [2.05, 4.69) is 16.8 Å². The average molecular weight is 171 g/mol. The van der Waals surface area contributed by atoms with Crippen molar-refractivity contribution >= 4 is 12.2 Å². The molecule has 0 saturated heterocycles. The summed E-state index contributed by atoms with van der Waals surface area (Å²) >= 11 is 4.84. The molecule has 1 atom stereocenters. The molecule has 0 spiro atoms. The molecule has 0 fully saturated rings. The Kier molecular flexibility index (Phi) is 2.09. The molecule has 0 aliphatic rings. The number of hydrogen-bond donors (Lipinski definition) is 2. The van der Waals surface area contributed by atoms with Crippen LogP contribution in [-0.4, -0.2) is 14.8 Å². The molecule has 1 rings (SSSR count). The second-order valence-electron chi connectivity index (χ2n) is 2.21. The van der Waals surface area contributed by atoms with E-state index in [0.29, 0.717) is 4.77 Å². The molecule has 0 aliphatic carbocycles. The molecule has 2 N–H and O–H groups in total. The maximum atomic E-state index is 11.0. The third-order valence-corrected chi connectivity index (χ3v) is 1.76. The number of hydrogen-bond acceptors (Lipinski definition) is 2. The van der Waals surface area contributed by atoms with Crippen LogP contribution in [0, 0.1) is 4.77 Å². The van der Waals surface area contributed by atoms with Gasteiger partial charge in [0.25, 0.3) is 0 Å². The Labute approximate surface area is 68.5 Å². The summed E-state index contributed by atoms with van der Waals surface area (Å²) in [7, 11) is 0. The fourth-order valence-electron chi connectivity index (χ4n) is 0.795. The lowest BCUT2D eigenvalue weighted by Gasteiger charge is -2.02. The highest BCUT2D eigenvalue weighted by Gasteiger charge is 2.03. The first-order valence-corrected chi connectivity index (χ1v) is 3.59. The number of rotatable bonds is 2. The number of aromatic nitrogens is 3. The van der Waals surface area contributed by atoms with E-state index in [1.165, 1.54) is 4.57 Å². The van der Waals surface area contributed by atoms with Crippen LogP contribution >= 0.6 is 12.2 Å². The van der Waals surface area contributed by atoms with Gasteiger partial charge in [0, 0.05) is 0 Å². The smallest absolute Gasteiger partial charge is 0.272 e. The summed E-state index contributed by atoms with van der Waals surface area (Å²) in [6.45, 7) is 5.40. The summed E-state index contributed by atoms with van der Waals surface area (Å²) in [4.78, 5) is 11.0. The quantitative estimate of drug-likeness (QED) is 0.515. The second-order valence-corrected chi connectivity index (χ2v) is 2.59. The van der Waals surface area contributed by atoms with Crippen molar-refractivity contribution in [3.63, 3.8) is 0 Å². The van der Waals surface area contributed by atoms with E-state index in [-0.39, 0.29) is 11.7 Å². The molecule has 60 valence electrons. The fraction of sp³-hybridized carbons (Fsp3) is 0.333. The van der Waals surface area contributed by atoms with Gasteiger partial charge in [0.2, 0.25) is 0 Å². The second kappa shape index (κ2) is 2.87. The van der Waals surface area contributed by atoms with Gasteiger partial charge in [-0.3, -0.25) is 9.67 Å². The summed E-state index contributed by atoms with van der Waals surface area (Å²) in [5.74, 6) is 0. The zero-order chi connectivity index (χ0) is 8.43. The van der Waals surface area contributed by atoms with E-state index in [9.17, 15) is 4.79 Å². The van der Waals surface area contributed by atoms with Gasteiger partial charge in [-0.05, 0) is 19.1 Å². The van der Waals surface area contributed by atoms with Crippen molar-refractivity contribution < 1.29 is 0 Å². The summed E-state index contributed by atoms with van der Waals surface area (Å²) in [6, 6.07) is -0.0718. The van der Waals surface area contributed by atoms with Crippen LogP contribution in [-0.2, 0) is 0 Å². The molecule has 0 aliphatic heterocycles. The molecule has 1 heterocycles. The van der Waals surface area contributed by atoms with Crippen LogP contribution in [0.25, 0.3) is 0 Å². The number of nitrogens with one attached hydrogen (secondary N) is 2. The first kappa shape index (κ1) is 8.00. The van der Waals surface area contributed by atoms with E-state index in [1.807, 2.05) is 6.92 Å². The molecule has 0 aromatic carbocycles. The zero-order valence-electron chi connectivity index (χ0n) is 6.13. The molecular weight excluding hydrogens is 162 g/mol. The molecule has 1 unspecified atom stereocenters. The van der Waals surface area contributed by atoms with Gasteiger partial charge >= 0.3 is 5.69 Å². The Morgan fingerprint density at radius 3 is 2.73 bits per heavy atom. The Morgan fingerprint density at radius 1 is 1.73 bits per heavy atom. The lowest BCUT2D eigenvalue weighted by atomic mass is 10.3. The highest BCUT2D eigenvalue weighted by Crippen LogP contribution is 2.00. The van der Waals surface area contributed by atoms with Gasteiger partial charge in [0.1, 0.15) is 0 Å². The molecule has 0 radical (unpaired) electrons. The topological polar surface area (TPSA) is 53.6 Å². The van der Waals surface area contributed by atoms with E-state index >= 15 is 0 Å². The highest BCUT2D eigenvalue weighted by atomic mass is 32.1. The summed E-state index contributed by atoms with van der Waals surface area (Å²) < 4.78 is 1.81. The van der Waals surface area contributed by atoms with Crippen molar-refractivity contribution in [2.45, 2.75) is 13.0 Å². The molecule has 0 amide bonds. The number of allylic oxidation sites excluding steroid dienone is 1. The van der Waals surface area contributed by atoms with Crippen molar-refractivity contribution in [1.82, 2.24) is 14.8 Å². The molecule has 1 aromatic rings. The van der Waals surface area contributed by atoms with E-state index in [0.717, 1.165) is 0 Å². The van der Waals surface area contributed by atoms with E-state index in [1.54, 1.807) is 6.08 Å². The normalized spacial score (nSPS) is 12.8. The van der Waals surface area contributed by atoms with Crippen LogP contribution in [0.5, 0.6) is 0 Å². The molecule has 5 heteroatoms. The van der Waals surface area contributed by atoms with Gasteiger partial charge in [-0.2, -0.15) is 0 Å². The lowest BCUT2D eigenvalue weighted by molar-refractivity contribution is 0.629. The summed E-state index contributed by atoms with van der Waals surface area (Å²) in [5.41, 5.74) is -0.234. The van der Waals surface area contributed by atoms with E-state index < -0.39 is 0 Å². The van der Waals surface area contributed by atoms with Crippen molar-refractivity contribution in [2.75, 3.05) is 0 Å². The van der Waals surface area contributed by atoms with Crippen molar-refractivity contribution in [3.05, 3.63) is 27.9 Å². The number of nitrogens with zero attached hydrogens (tertiary/aromatic N) is 1. The van der Waals surface area contributed by atoms with E-state index in [4.69, 9.17) is 12.2 Å². The largest absolute Gasteiger partial charge is 0.342 e. The molecule has 4 nitrogen and oxygen atoms in total. The van der Waals surface area contributed by atoms with Crippen molar-refractivity contribution in [3.8, 4) is 0 Å². The highest BCUT2D eigenvalue weighted by molar-refractivity contribution is 7.71. The van der Waals surface area contributed by atoms with Crippen LogP contribution in [0.15, 0.2) is 17.4 Å². The Hall–Kier alpha value is -1.10. The SMILES string of the molecule is C=CC(C)n1c(=O)[nH][nH]c1=S.